The van der Waals surface area contributed by atoms with Crippen molar-refractivity contribution in [1.29, 1.82) is 0 Å². The van der Waals surface area contributed by atoms with Crippen LogP contribution in [-0.4, -0.2) is 51.6 Å². The van der Waals surface area contributed by atoms with Gasteiger partial charge in [0.15, 0.2) is 6.29 Å². The van der Waals surface area contributed by atoms with Crippen molar-refractivity contribution >= 4 is 0 Å². The first-order valence-corrected chi connectivity index (χ1v) is 2.97. The molecule has 0 spiro atoms. The molecule has 1 heterocycles. The van der Waals surface area contributed by atoms with Crippen molar-refractivity contribution in [2.24, 2.45) is 0 Å². The van der Waals surface area contributed by atoms with Crippen LogP contribution in [0.3, 0.4) is 0 Å². The first kappa shape index (κ1) is 7.90. The van der Waals surface area contributed by atoms with Crippen LogP contribution in [0.5, 0.6) is 0 Å². The minimum Gasteiger partial charge on any atom is -0.388 e. The topological polar surface area (TPSA) is 90.2 Å². The Labute approximate surface area is 57.5 Å². The largest absolute Gasteiger partial charge is 0.388 e. The van der Waals surface area contributed by atoms with Crippen LogP contribution in [0.4, 0.5) is 0 Å². The molecule has 5 nitrogen and oxygen atoms in total. The van der Waals surface area contributed by atoms with Gasteiger partial charge in [0.25, 0.3) is 0 Å². The highest BCUT2D eigenvalue weighted by atomic mass is 16.6. The van der Waals surface area contributed by atoms with Crippen LogP contribution in [0, 0.1) is 0 Å². The molecule has 1 fully saturated rings. The lowest BCUT2D eigenvalue weighted by molar-refractivity contribution is -0.252. The molecule has 0 aromatic rings. The zero-order valence-corrected chi connectivity index (χ0v) is 5.21. The fourth-order valence-electron chi connectivity index (χ4n) is 0.791. The summed E-state index contributed by atoms with van der Waals surface area (Å²) >= 11 is 0. The van der Waals surface area contributed by atoms with Gasteiger partial charge < -0.3 is 25.2 Å². The molecule has 0 aromatic carbocycles. The van der Waals surface area contributed by atoms with Gasteiger partial charge in [-0.25, -0.2) is 0 Å². The molecule has 0 aliphatic carbocycles. The van der Waals surface area contributed by atoms with Gasteiger partial charge in [-0.1, -0.05) is 0 Å². The van der Waals surface area contributed by atoms with Gasteiger partial charge in [-0.3, -0.25) is 0 Å². The van der Waals surface area contributed by atoms with Crippen molar-refractivity contribution in [3.05, 3.63) is 0 Å². The molecular weight excluding hydrogens is 140 g/mol. The predicted octanol–water partition coefficient (Wildman–Crippen LogP) is -2.58. The van der Waals surface area contributed by atoms with Gasteiger partial charge in [0.05, 0.1) is 6.61 Å². The Morgan fingerprint density at radius 1 is 1.00 bits per heavy atom. The molecule has 1 aliphatic heterocycles. The van der Waals surface area contributed by atoms with Crippen LogP contribution < -0.4 is 0 Å². The highest BCUT2D eigenvalue weighted by Gasteiger charge is 2.36. The van der Waals surface area contributed by atoms with Gasteiger partial charge >= 0.3 is 0 Å². The first-order chi connectivity index (χ1) is 4.63. The maximum Gasteiger partial charge on any atom is 0.183 e. The molecule has 4 atom stereocenters. The average molecular weight is 150 g/mol. The van der Waals surface area contributed by atoms with Crippen LogP contribution in [-0.2, 0) is 4.74 Å². The van der Waals surface area contributed by atoms with E-state index in [1.165, 1.54) is 0 Å². The Bertz CT molecular complexity index is 103. The van der Waals surface area contributed by atoms with Gasteiger partial charge in [0, 0.05) is 0 Å². The van der Waals surface area contributed by atoms with E-state index in [0.717, 1.165) is 0 Å². The van der Waals surface area contributed by atoms with E-state index in [1.54, 1.807) is 0 Å². The van der Waals surface area contributed by atoms with E-state index in [0.29, 0.717) is 0 Å². The zero-order chi connectivity index (χ0) is 7.72. The quantitative estimate of drug-likeness (QED) is 0.304. The number of aliphatic hydroxyl groups is 4. The van der Waals surface area contributed by atoms with Gasteiger partial charge in [0.1, 0.15) is 18.3 Å². The Morgan fingerprint density at radius 3 is 2.10 bits per heavy atom. The Kier molecular flexibility index (Phi) is 2.22. The standard InChI is InChI=1S/C5H10O5/c6-2-1-10-5(9)4(8)3(2)7/h2-9H,1H2/t2-,3+,4-,5-/m0/s1. The molecule has 5 heteroatoms. The predicted molar refractivity (Wildman–Crippen MR) is 30.0 cm³/mol. The molecule has 0 saturated carbocycles. The summed E-state index contributed by atoms with van der Waals surface area (Å²) in [5, 5.41) is 35.3. The zero-order valence-electron chi connectivity index (χ0n) is 5.21. The molecule has 10 heavy (non-hydrogen) atoms. The van der Waals surface area contributed by atoms with Gasteiger partial charge in [-0.2, -0.15) is 0 Å². The van der Waals surface area contributed by atoms with Crippen molar-refractivity contribution in [2.75, 3.05) is 6.61 Å². The third-order valence-corrected chi connectivity index (χ3v) is 1.47. The van der Waals surface area contributed by atoms with Crippen LogP contribution in [0.2, 0.25) is 0 Å². The lowest BCUT2D eigenvalue weighted by Gasteiger charge is -2.31. The molecule has 0 unspecified atom stereocenters. The maximum atomic E-state index is 8.88. The summed E-state index contributed by atoms with van der Waals surface area (Å²) in [6.07, 6.45) is -5.23. The summed E-state index contributed by atoms with van der Waals surface area (Å²) in [7, 11) is 0. The van der Waals surface area contributed by atoms with Crippen molar-refractivity contribution in [3.63, 3.8) is 0 Å². The van der Waals surface area contributed by atoms with Crippen molar-refractivity contribution in [1.82, 2.24) is 0 Å². The molecule has 60 valence electrons. The third kappa shape index (κ3) is 1.28. The summed E-state index contributed by atoms with van der Waals surface area (Å²) in [4.78, 5) is 0. The van der Waals surface area contributed by atoms with E-state index in [1.807, 2.05) is 0 Å². The summed E-state index contributed by atoms with van der Waals surface area (Å²) in [5.41, 5.74) is 0. The second-order valence-electron chi connectivity index (χ2n) is 2.27. The molecule has 1 saturated heterocycles. The number of ether oxygens (including phenoxy) is 1. The molecule has 4 N–H and O–H groups in total. The number of hydrogen-bond acceptors (Lipinski definition) is 5. The summed E-state index contributed by atoms with van der Waals surface area (Å²) in [6.45, 7) is -0.153. The average Bonchev–Trinajstić information content (AvgIpc) is 1.93. The Balaban J connectivity index is 2.52. The van der Waals surface area contributed by atoms with Crippen LogP contribution >= 0.6 is 0 Å². The monoisotopic (exact) mass is 150 g/mol. The van der Waals surface area contributed by atoms with Crippen LogP contribution in [0.15, 0.2) is 0 Å². The van der Waals surface area contributed by atoms with E-state index in [9.17, 15) is 0 Å². The molecule has 1 rings (SSSR count). The SMILES string of the molecule is O[C@H]1[C@H](O)[C@@H](O)OC[C@@H]1O. The van der Waals surface area contributed by atoms with Gasteiger partial charge in [0.2, 0.25) is 0 Å². The highest BCUT2D eigenvalue weighted by molar-refractivity contribution is 4.81. The van der Waals surface area contributed by atoms with E-state index >= 15 is 0 Å². The minimum absolute atomic E-state index is 0.153. The number of aliphatic hydroxyl groups excluding tert-OH is 4. The van der Waals surface area contributed by atoms with Gasteiger partial charge in [-0.05, 0) is 0 Å². The number of rotatable bonds is 0. The molecule has 0 bridgehead atoms. The Hall–Kier alpha value is -0.200. The molecule has 0 radical (unpaired) electrons. The lowest BCUT2D eigenvalue weighted by atomic mass is 10.1. The van der Waals surface area contributed by atoms with E-state index in [-0.39, 0.29) is 6.61 Å². The lowest BCUT2D eigenvalue weighted by Crippen LogP contribution is -2.52. The molecule has 0 aromatic heterocycles. The van der Waals surface area contributed by atoms with Crippen molar-refractivity contribution in [3.8, 4) is 0 Å². The van der Waals surface area contributed by atoms with Crippen molar-refractivity contribution in [2.45, 2.75) is 24.6 Å². The van der Waals surface area contributed by atoms with E-state index < -0.39 is 24.6 Å². The second-order valence-corrected chi connectivity index (χ2v) is 2.27. The summed E-state index contributed by atoms with van der Waals surface area (Å²) in [5.74, 6) is 0. The van der Waals surface area contributed by atoms with Gasteiger partial charge in [-0.15, -0.1) is 0 Å². The maximum absolute atomic E-state index is 8.88. The first-order valence-electron chi connectivity index (χ1n) is 2.97. The van der Waals surface area contributed by atoms with Crippen LogP contribution in [0.1, 0.15) is 0 Å². The smallest absolute Gasteiger partial charge is 0.183 e. The van der Waals surface area contributed by atoms with Crippen LogP contribution in [0.25, 0.3) is 0 Å². The normalized spacial score (nSPS) is 49.2. The van der Waals surface area contributed by atoms with E-state index in [2.05, 4.69) is 4.74 Å². The highest BCUT2D eigenvalue weighted by Crippen LogP contribution is 2.12. The Morgan fingerprint density at radius 2 is 1.60 bits per heavy atom. The molecule has 0 amide bonds. The summed E-state index contributed by atoms with van der Waals surface area (Å²) < 4.78 is 4.47. The molecular formula is C5H10O5. The number of hydrogen-bond donors (Lipinski definition) is 4. The second kappa shape index (κ2) is 2.81. The minimum atomic E-state index is -1.41. The molecule has 1 aliphatic rings. The summed E-state index contributed by atoms with van der Waals surface area (Å²) in [6, 6.07) is 0. The fourth-order valence-corrected chi connectivity index (χ4v) is 0.791. The van der Waals surface area contributed by atoms with E-state index in [4.69, 9.17) is 20.4 Å². The fraction of sp³-hybridized carbons (Fsp3) is 1.00. The van der Waals surface area contributed by atoms with Crippen molar-refractivity contribution < 1.29 is 25.2 Å². The third-order valence-electron chi connectivity index (χ3n) is 1.47.